The van der Waals surface area contributed by atoms with Crippen LogP contribution in [-0.2, 0) is 24.7 Å². The molecule has 0 unspecified atom stereocenters. The summed E-state index contributed by atoms with van der Waals surface area (Å²) >= 11 is 0. The average Bonchev–Trinajstić information content (AvgIpc) is 3.62. The number of carbonyl (C=O) groups excluding carboxylic acids is 1. The fraction of sp³-hybridized carbons (Fsp3) is 0.188. The summed E-state index contributed by atoms with van der Waals surface area (Å²) in [5.41, 5.74) is 2.32. The zero-order valence-electron chi connectivity index (χ0n) is 22.5. The van der Waals surface area contributed by atoms with Gasteiger partial charge in [0.05, 0.1) is 24.0 Å². The summed E-state index contributed by atoms with van der Waals surface area (Å²) in [5.74, 6) is 0.758. The molecule has 2 aromatic heterocycles. The molecule has 0 aliphatic carbocycles. The lowest BCUT2D eigenvalue weighted by Crippen LogP contribution is -2.18. The molecule has 0 bridgehead atoms. The number of nitrogens with zero attached hydrogens (tertiary/aromatic N) is 2. The summed E-state index contributed by atoms with van der Waals surface area (Å²) in [5, 5.41) is 6.81. The van der Waals surface area contributed by atoms with Crippen LogP contribution in [0, 0.1) is 0 Å². The van der Waals surface area contributed by atoms with E-state index in [1.54, 1.807) is 18.2 Å². The Labute approximate surface area is 235 Å². The number of nitrogens with one attached hydrogen (secondary N) is 1. The monoisotopic (exact) mass is 559 g/mol. The lowest BCUT2D eigenvalue weighted by atomic mass is 9.78. The topological polar surface area (TPSA) is 69.3 Å². The predicted octanol–water partition coefficient (Wildman–Crippen LogP) is 7.70. The second-order valence-electron chi connectivity index (χ2n) is 10.1. The van der Waals surface area contributed by atoms with Gasteiger partial charge < -0.3 is 14.5 Å². The van der Waals surface area contributed by atoms with Crippen molar-refractivity contribution in [2.75, 3.05) is 5.32 Å². The van der Waals surface area contributed by atoms with Gasteiger partial charge in [-0.05, 0) is 53.1 Å². The van der Waals surface area contributed by atoms with E-state index in [2.05, 4.69) is 36.4 Å². The lowest BCUT2D eigenvalue weighted by molar-refractivity contribution is -0.137. The Balaban J connectivity index is 1.15. The molecule has 0 saturated heterocycles. The van der Waals surface area contributed by atoms with Crippen LogP contribution in [0.1, 0.15) is 52.4 Å². The molecule has 2 heterocycles. The highest BCUT2D eigenvalue weighted by Gasteiger charge is 2.30. The Kier molecular flexibility index (Phi) is 7.70. The van der Waals surface area contributed by atoms with Crippen molar-refractivity contribution in [3.05, 3.63) is 137 Å². The number of amides is 1. The van der Waals surface area contributed by atoms with Gasteiger partial charge in [-0.25, -0.2) is 0 Å². The van der Waals surface area contributed by atoms with E-state index in [0.717, 1.165) is 17.7 Å². The van der Waals surface area contributed by atoms with Crippen LogP contribution in [0.5, 0.6) is 5.75 Å². The molecule has 5 rings (SSSR count). The van der Waals surface area contributed by atoms with Crippen molar-refractivity contribution in [1.82, 2.24) is 9.78 Å². The van der Waals surface area contributed by atoms with Crippen LogP contribution in [0.25, 0.3) is 0 Å². The van der Waals surface area contributed by atoms with Crippen LogP contribution in [-0.4, -0.2) is 15.7 Å². The minimum absolute atomic E-state index is 0.0918. The van der Waals surface area contributed by atoms with Crippen molar-refractivity contribution in [2.24, 2.45) is 0 Å². The summed E-state index contributed by atoms with van der Waals surface area (Å²) in [7, 11) is 0. The van der Waals surface area contributed by atoms with Gasteiger partial charge in [0.25, 0.3) is 5.91 Å². The van der Waals surface area contributed by atoms with E-state index in [0.29, 0.717) is 22.8 Å². The molecule has 0 saturated carbocycles. The maximum Gasteiger partial charge on any atom is 0.416 e. The van der Waals surface area contributed by atoms with Crippen LogP contribution in [0.4, 0.5) is 18.9 Å². The first-order valence-corrected chi connectivity index (χ1v) is 13.0. The molecule has 0 aliphatic rings. The minimum atomic E-state index is -4.42. The predicted molar refractivity (Wildman–Crippen MR) is 149 cm³/mol. The van der Waals surface area contributed by atoms with E-state index in [-0.39, 0.29) is 24.3 Å². The van der Waals surface area contributed by atoms with Crippen molar-refractivity contribution in [2.45, 2.75) is 38.6 Å². The first-order valence-electron chi connectivity index (χ1n) is 13.0. The van der Waals surface area contributed by atoms with Gasteiger partial charge in [-0.1, -0.05) is 68.4 Å². The number of anilines is 1. The van der Waals surface area contributed by atoms with Crippen molar-refractivity contribution >= 4 is 11.6 Å². The third-order valence-electron chi connectivity index (χ3n) is 6.83. The summed E-state index contributed by atoms with van der Waals surface area (Å²) in [4.78, 5) is 12.7. The summed E-state index contributed by atoms with van der Waals surface area (Å²) in [6.07, 6.45) is -1.47. The van der Waals surface area contributed by atoms with Gasteiger partial charge in [0.15, 0.2) is 5.76 Å². The number of aromatic nitrogens is 2. The molecule has 5 aromatic rings. The van der Waals surface area contributed by atoms with Crippen molar-refractivity contribution in [3.63, 3.8) is 0 Å². The number of alkyl halides is 3. The molecule has 41 heavy (non-hydrogen) atoms. The average molecular weight is 560 g/mol. The van der Waals surface area contributed by atoms with Gasteiger partial charge in [-0.2, -0.15) is 18.3 Å². The summed E-state index contributed by atoms with van der Waals surface area (Å²) < 4.78 is 51.9. The maximum atomic E-state index is 13.0. The van der Waals surface area contributed by atoms with Crippen LogP contribution in [0.15, 0.2) is 108 Å². The van der Waals surface area contributed by atoms with Gasteiger partial charge in [0.1, 0.15) is 18.1 Å². The largest absolute Gasteiger partial charge is 0.486 e. The van der Waals surface area contributed by atoms with Gasteiger partial charge in [0, 0.05) is 11.6 Å². The molecule has 9 heteroatoms. The second-order valence-corrected chi connectivity index (χ2v) is 10.1. The Hall–Kier alpha value is -4.79. The first kappa shape index (κ1) is 27.8. The molecule has 1 amide bonds. The van der Waals surface area contributed by atoms with Crippen LogP contribution >= 0.6 is 0 Å². The zero-order chi connectivity index (χ0) is 29.0. The van der Waals surface area contributed by atoms with Crippen molar-refractivity contribution in [3.8, 4) is 5.75 Å². The minimum Gasteiger partial charge on any atom is -0.486 e. The summed E-state index contributed by atoms with van der Waals surface area (Å²) in [6.45, 7) is 4.61. The normalized spacial score (nSPS) is 11.8. The fourth-order valence-electron chi connectivity index (χ4n) is 4.46. The quantitative estimate of drug-likeness (QED) is 0.201. The van der Waals surface area contributed by atoms with Crippen molar-refractivity contribution < 1.29 is 27.1 Å². The molecule has 3 aromatic carbocycles. The van der Waals surface area contributed by atoms with Crippen LogP contribution in [0.3, 0.4) is 0 Å². The maximum absolute atomic E-state index is 13.0. The van der Waals surface area contributed by atoms with E-state index >= 15 is 0 Å². The molecule has 0 fully saturated rings. The highest BCUT2D eigenvalue weighted by molar-refractivity contribution is 6.02. The molecule has 0 radical (unpaired) electrons. The summed E-state index contributed by atoms with van der Waals surface area (Å²) in [6, 6.07) is 26.4. The fourth-order valence-corrected chi connectivity index (χ4v) is 4.46. The number of halogens is 3. The number of ether oxygens (including phenoxy) is 1. The van der Waals surface area contributed by atoms with Gasteiger partial charge in [-0.15, -0.1) is 0 Å². The molecule has 210 valence electrons. The van der Waals surface area contributed by atoms with Gasteiger partial charge in [-0.3, -0.25) is 9.48 Å². The van der Waals surface area contributed by atoms with Gasteiger partial charge >= 0.3 is 6.18 Å². The zero-order valence-corrected chi connectivity index (χ0v) is 22.5. The Bertz CT molecular complexity index is 1620. The van der Waals surface area contributed by atoms with Gasteiger partial charge in [0.2, 0.25) is 0 Å². The van der Waals surface area contributed by atoms with Crippen molar-refractivity contribution in [1.29, 1.82) is 0 Å². The third kappa shape index (κ3) is 6.69. The molecular formula is C32H28F3N3O3. The Morgan fingerprint density at radius 1 is 0.902 bits per heavy atom. The molecule has 0 spiro atoms. The smallest absolute Gasteiger partial charge is 0.416 e. The Morgan fingerprint density at radius 3 is 2.34 bits per heavy atom. The number of hydrogen-bond acceptors (Lipinski definition) is 4. The second kappa shape index (κ2) is 11.4. The lowest BCUT2D eigenvalue weighted by Gasteiger charge is -2.26. The number of rotatable bonds is 9. The standard InChI is InChI=1S/C32H28F3N3O3/c1-31(2,23-8-4-3-5-9-23)24-11-13-27(14-12-24)40-21-28-15-16-29(41-28)30(39)37-26-18-36-38(20-26)19-22-7-6-10-25(17-22)32(33,34)35/h3-18,20H,19,21H2,1-2H3,(H,37,39). The van der Waals surface area contributed by atoms with Crippen LogP contribution < -0.4 is 10.1 Å². The third-order valence-corrected chi connectivity index (χ3v) is 6.83. The molecule has 0 atom stereocenters. The first-order chi connectivity index (χ1) is 19.6. The number of hydrogen-bond donors (Lipinski definition) is 1. The molecular weight excluding hydrogens is 531 g/mol. The van der Waals surface area contributed by atoms with E-state index in [1.807, 2.05) is 42.5 Å². The highest BCUT2D eigenvalue weighted by Crippen LogP contribution is 2.32. The van der Waals surface area contributed by atoms with E-state index in [9.17, 15) is 18.0 Å². The van der Waals surface area contributed by atoms with Crippen LogP contribution in [0.2, 0.25) is 0 Å². The molecule has 0 aliphatic heterocycles. The SMILES string of the molecule is CC(C)(c1ccccc1)c1ccc(OCc2ccc(C(=O)Nc3cnn(Cc4cccc(C(F)(F)F)c4)c3)o2)cc1. The van der Waals surface area contributed by atoms with E-state index in [4.69, 9.17) is 9.15 Å². The number of carbonyl (C=O) groups is 1. The highest BCUT2D eigenvalue weighted by atomic mass is 19.4. The molecule has 6 nitrogen and oxygen atoms in total. The number of benzene rings is 3. The van der Waals surface area contributed by atoms with E-state index in [1.165, 1.54) is 28.7 Å². The Morgan fingerprint density at radius 2 is 1.61 bits per heavy atom. The van der Waals surface area contributed by atoms with E-state index < -0.39 is 17.6 Å². The number of furan rings is 1. The molecule has 1 N–H and O–H groups in total.